The zero-order valence-corrected chi connectivity index (χ0v) is 48.4. The number of hydrogen-bond acceptors (Lipinski definition) is 7. The largest absolute Gasteiger partial charge is 0.756 e. The van der Waals surface area contributed by atoms with Gasteiger partial charge in [0.2, 0.25) is 5.91 Å². The fraction of sp³-hybridized carbons (Fsp3) is 0.683. The lowest BCUT2D eigenvalue weighted by molar-refractivity contribution is -0.870. The number of quaternary nitrogens is 1. The maximum Gasteiger partial charge on any atom is 0.306 e. The Morgan fingerprint density at radius 3 is 1.47 bits per heavy atom. The predicted molar refractivity (Wildman–Crippen MR) is 311 cm³/mol. The number of allylic oxidation sites excluding steroid dienone is 17. The zero-order valence-electron chi connectivity index (χ0n) is 47.5. The average Bonchev–Trinajstić information content (AvgIpc) is 3.35. The minimum absolute atomic E-state index is 0.0343. The first-order valence-electron chi connectivity index (χ1n) is 29.2. The summed E-state index contributed by atoms with van der Waals surface area (Å²) >= 11 is 0. The minimum atomic E-state index is -4.71. The highest BCUT2D eigenvalue weighted by Crippen LogP contribution is 2.38. The van der Waals surface area contributed by atoms with Gasteiger partial charge >= 0.3 is 5.97 Å². The lowest BCUT2D eigenvalue weighted by Gasteiger charge is -2.30. The third kappa shape index (κ3) is 53.3. The summed E-state index contributed by atoms with van der Waals surface area (Å²) in [7, 11) is 1.15. The molecule has 10 heteroatoms. The van der Waals surface area contributed by atoms with E-state index in [0.29, 0.717) is 23.9 Å². The SMILES string of the molecule is CC/C=C\C/C=C\C/C=C\C/C=C\C/C=C\CCCCCCCCCC(=O)OC(/C=C\CCCCCCCCCCC)C(COP(=O)([O-])OCC[N+](C)(C)C)NC(=O)CCCCCCC\C=C/C=C/C=C/CC. The summed E-state index contributed by atoms with van der Waals surface area (Å²) in [4.78, 5) is 39.8. The van der Waals surface area contributed by atoms with Gasteiger partial charge in [0.05, 0.1) is 33.8 Å². The Morgan fingerprint density at radius 2 is 0.945 bits per heavy atom. The highest BCUT2D eigenvalue weighted by Gasteiger charge is 2.27. The van der Waals surface area contributed by atoms with Crippen molar-refractivity contribution in [3.63, 3.8) is 0 Å². The van der Waals surface area contributed by atoms with Gasteiger partial charge in [-0.25, -0.2) is 0 Å². The molecule has 0 spiro atoms. The Bertz CT molecular complexity index is 1620. The normalized spacial score (nSPS) is 14.6. The molecule has 0 aliphatic heterocycles. The standard InChI is InChI=1S/C63H109N2O7P/c1-7-10-13-16-19-22-25-27-28-29-30-31-32-33-34-35-36-38-41-44-47-50-53-56-63(67)72-61(54-51-48-45-42-39-24-21-18-15-12-9-3)60(59-71-73(68,69)70-58-57-65(4,5)6)64-62(66)55-52-49-46-43-40-37-26-23-20-17-14-11-8-2/h10-11,13-14,17,19-20,22-23,26-28,30-31,33-34,51,54,60-61H,7-9,12,15-16,18,21,24-25,29,32,35-50,52-53,55-59H2,1-6H3,(H-,64,66,68,69)/b13-10-,14-11+,20-17+,22-19-,26-23-,28-27-,31-30-,34-33-,54-51-. The first-order chi connectivity index (χ1) is 35.4. The number of esters is 1. The van der Waals surface area contributed by atoms with Crippen LogP contribution >= 0.6 is 7.82 Å². The molecular formula is C63H109N2O7P. The summed E-state index contributed by atoms with van der Waals surface area (Å²) in [5.41, 5.74) is 0. The van der Waals surface area contributed by atoms with Crippen LogP contribution < -0.4 is 10.2 Å². The molecule has 418 valence electrons. The molecule has 9 nitrogen and oxygen atoms in total. The van der Waals surface area contributed by atoms with E-state index in [1.807, 2.05) is 39.4 Å². The Labute approximate surface area is 449 Å². The first kappa shape index (κ1) is 69.7. The number of phosphoric acid groups is 1. The zero-order chi connectivity index (χ0) is 53.6. The molecule has 0 aliphatic carbocycles. The van der Waals surface area contributed by atoms with Gasteiger partial charge in [0.1, 0.15) is 19.3 Å². The van der Waals surface area contributed by atoms with E-state index in [0.717, 1.165) is 116 Å². The van der Waals surface area contributed by atoms with Crippen molar-refractivity contribution in [2.75, 3.05) is 40.9 Å². The maximum absolute atomic E-state index is 13.5. The third-order valence-electron chi connectivity index (χ3n) is 12.3. The van der Waals surface area contributed by atoms with Gasteiger partial charge in [0.25, 0.3) is 7.82 Å². The topological polar surface area (TPSA) is 114 Å². The molecule has 0 bridgehead atoms. The Balaban J connectivity index is 5.26. The summed E-state index contributed by atoms with van der Waals surface area (Å²) < 4.78 is 30.2. The van der Waals surface area contributed by atoms with Crippen molar-refractivity contribution in [2.45, 2.75) is 238 Å². The van der Waals surface area contributed by atoms with E-state index >= 15 is 0 Å². The number of carbonyl (C=O) groups is 2. The van der Waals surface area contributed by atoms with Crippen molar-refractivity contribution in [1.29, 1.82) is 0 Å². The molecule has 0 fully saturated rings. The number of nitrogens with zero attached hydrogens (tertiary/aromatic N) is 1. The van der Waals surface area contributed by atoms with Crippen LogP contribution in [0.4, 0.5) is 0 Å². The highest BCUT2D eigenvalue weighted by molar-refractivity contribution is 7.45. The number of amides is 1. The lowest BCUT2D eigenvalue weighted by atomic mass is 10.1. The number of hydrogen-bond donors (Lipinski definition) is 1. The number of nitrogens with one attached hydrogen (secondary N) is 1. The van der Waals surface area contributed by atoms with E-state index in [1.54, 1.807) is 0 Å². The van der Waals surface area contributed by atoms with Gasteiger partial charge in [-0.15, -0.1) is 0 Å². The van der Waals surface area contributed by atoms with Crippen LogP contribution in [-0.4, -0.2) is 69.4 Å². The van der Waals surface area contributed by atoms with Gasteiger partial charge in [0.15, 0.2) is 0 Å². The third-order valence-corrected chi connectivity index (χ3v) is 13.2. The van der Waals surface area contributed by atoms with Crippen LogP contribution in [0.15, 0.2) is 109 Å². The Kier molecular flexibility index (Phi) is 49.7. The summed E-state index contributed by atoms with van der Waals surface area (Å²) in [6.45, 7) is 6.54. The first-order valence-corrected chi connectivity index (χ1v) is 30.7. The number of rotatable bonds is 51. The second-order valence-electron chi connectivity index (χ2n) is 20.4. The molecule has 3 unspecified atom stereocenters. The smallest absolute Gasteiger partial charge is 0.306 e. The van der Waals surface area contributed by atoms with E-state index in [4.69, 9.17) is 13.8 Å². The highest BCUT2D eigenvalue weighted by atomic mass is 31.2. The van der Waals surface area contributed by atoms with Crippen molar-refractivity contribution in [2.24, 2.45) is 0 Å². The number of carbonyl (C=O) groups excluding carboxylic acids is 2. The van der Waals surface area contributed by atoms with E-state index < -0.39 is 26.6 Å². The summed E-state index contributed by atoms with van der Waals surface area (Å²) in [5.74, 6) is -0.587. The molecule has 0 aromatic heterocycles. The number of likely N-dealkylation sites (N-methyl/N-ethyl adjacent to an activating group) is 1. The molecule has 0 aromatic carbocycles. The fourth-order valence-corrected chi connectivity index (χ4v) is 8.51. The quantitative estimate of drug-likeness (QED) is 0.0161. The molecule has 1 amide bonds. The van der Waals surface area contributed by atoms with Gasteiger partial charge < -0.3 is 28.5 Å². The van der Waals surface area contributed by atoms with Crippen LogP contribution in [-0.2, 0) is 27.9 Å². The molecule has 0 radical (unpaired) electrons. The van der Waals surface area contributed by atoms with Crippen LogP contribution in [0.3, 0.4) is 0 Å². The van der Waals surface area contributed by atoms with Crippen molar-refractivity contribution in [3.05, 3.63) is 109 Å². The van der Waals surface area contributed by atoms with Crippen molar-refractivity contribution < 1.29 is 37.3 Å². The summed E-state index contributed by atoms with van der Waals surface area (Å²) in [6.07, 6.45) is 70.6. The molecule has 0 rings (SSSR count). The minimum Gasteiger partial charge on any atom is -0.756 e. The van der Waals surface area contributed by atoms with E-state index in [-0.39, 0.29) is 31.3 Å². The van der Waals surface area contributed by atoms with Crippen LogP contribution in [0.5, 0.6) is 0 Å². The van der Waals surface area contributed by atoms with Gasteiger partial charge in [0, 0.05) is 12.8 Å². The molecular weight excluding hydrogens is 928 g/mol. The van der Waals surface area contributed by atoms with Crippen LogP contribution in [0.2, 0.25) is 0 Å². The maximum atomic E-state index is 13.5. The van der Waals surface area contributed by atoms with Crippen LogP contribution in [0.25, 0.3) is 0 Å². The molecule has 0 saturated carbocycles. The Hall–Kier alpha value is -3.33. The molecule has 0 aromatic rings. The van der Waals surface area contributed by atoms with Crippen LogP contribution in [0.1, 0.15) is 226 Å². The molecule has 73 heavy (non-hydrogen) atoms. The van der Waals surface area contributed by atoms with Crippen molar-refractivity contribution in [3.8, 4) is 0 Å². The van der Waals surface area contributed by atoms with Crippen molar-refractivity contribution in [1.82, 2.24) is 5.32 Å². The predicted octanol–water partition coefficient (Wildman–Crippen LogP) is 17.1. The number of phosphoric ester groups is 1. The van der Waals surface area contributed by atoms with Crippen LogP contribution in [0, 0.1) is 0 Å². The van der Waals surface area contributed by atoms with E-state index in [2.05, 4.69) is 117 Å². The number of ether oxygens (including phenoxy) is 1. The molecule has 0 saturated heterocycles. The second-order valence-corrected chi connectivity index (χ2v) is 21.9. The molecule has 1 N–H and O–H groups in total. The monoisotopic (exact) mass is 1040 g/mol. The second kappa shape index (κ2) is 52.1. The average molecular weight is 1040 g/mol. The summed E-state index contributed by atoms with van der Waals surface area (Å²) in [5, 5.41) is 3.00. The number of unbranched alkanes of at least 4 members (excludes halogenated alkanes) is 21. The van der Waals surface area contributed by atoms with Crippen molar-refractivity contribution >= 4 is 19.7 Å². The Morgan fingerprint density at radius 1 is 0.507 bits per heavy atom. The fourth-order valence-electron chi connectivity index (χ4n) is 7.78. The lowest BCUT2D eigenvalue weighted by Crippen LogP contribution is -2.47. The molecule has 0 heterocycles. The van der Waals surface area contributed by atoms with Gasteiger partial charge in [-0.05, 0) is 96.0 Å². The van der Waals surface area contributed by atoms with Gasteiger partial charge in [-0.2, -0.15) is 0 Å². The van der Waals surface area contributed by atoms with E-state index in [1.165, 1.54) is 64.2 Å². The van der Waals surface area contributed by atoms with Gasteiger partial charge in [-0.3, -0.25) is 14.2 Å². The molecule has 0 aliphatic rings. The summed E-state index contributed by atoms with van der Waals surface area (Å²) in [6, 6.07) is -0.909. The molecule has 3 atom stereocenters. The van der Waals surface area contributed by atoms with Gasteiger partial charge in [-0.1, -0.05) is 227 Å². The van der Waals surface area contributed by atoms with E-state index in [9.17, 15) is 19.0 Å².